The van der Waals surface area contributed by atoms with Gasteiger partial charge in [-0.2, -0.15) is 0 Å². The average Bonchev–Trinajstić information content (AvgIpc) is 3.91. The summed E-state index contributed by atoms with van der Waals surface area (Å²) < 4.78 is 29.1. The van der Waals surface area contributed by atoms with Gasteiger partial charge in [0.1, 0.15) is 34.0 Å². The molecule has 2 heterocycles. The fraction of sp³-hybridized carbons (Fsp3) is 0.585. The molecule has 0 radical (unpaired) electrons. The van der Waals surface area contributed by atoms with Crippen LogP contribution in [0.4, 0.5) is 0 Å². The number of ether oxygens (including phenoxy) is 3. The van der Waals surface area contributed by atoms with Crippen LogP contribution in [0.15, 0.2) is 57.4 Å². The van der Waals surface area contributed by atoms with Crippen molar-refractivity contribution in [2.75, 3.05) is 7.11 Å². The molecule has 14 nitrogen and oxygen atoms in total. The Morgan fingerprint density at radius 3 is 1.40 bits per heavy atom. The van der Waals surface area contributed by atoms with Gasteiger partial charge >= 0.3 is 11.9 Å². The molecule has 3 N–H and O–H groups in total. The molecule has 2 aromatic carbocycles. The second kappa shape index (κ2) is 22.6. The fourth-order valence-corrected chi connectivity index (χ4v) is 10.2. The molecule has 0 saturated heterocycles. The number of benzene rings is 2. The first kappa shape index (κ1) is 49.6. The lowest BCUT2D eigenvalue weighted by Gasteiger charge is -2.37. The molecule has 4 aliphatic rings. The third-order valence-corrected chi connectivity index (χ3v) is 14.4. The van der Waals surface area contributed by atoms with Crippen LogP contribution in [0.2, 0.25) is 0 Å². The number of aryl methyl sites for hydroxylation is 4. The minimum atomic E-state index is -1.10. The van der Waals surface area contributed by atoms with E-state index in [0.29, 0.717) is 63.5 Å². The van der Waals surface area contributed by atoms with E-state index in [1.54, 1.807) is 0 Å². The van der Waals surface area contributed by atoms with E-state index in [2.05, 4.69) is 20.6 Å². The lowest BCUT2D eigenvalue weighted by atomic mass is 9.80. The van der Waals surface area contributed by atoms with Gasteiger partial charge in [-0.25, -0.2) is 19.6 Å². The number of carboxylic acids is 1. The van der Waals surface area contributed by atoms with Crippen LogP contribution in [-0.4, -0.2) is 69.2 Å². The summed E-state index contributed by atoms with van der Waals surface area (Å²) in [5, 5.41) is 15.8. The maximum atomic E-state index is 13.1. The summed E-state index contributed by atoms with van der Waals surface area (Å²) >= 11 is 0. The van der Waals surface area contributed by atoms with Gasteiger partial charge < -0.3 is 38.8 Å². The number of hydrogen-bond acceptors (Lipinski definition) is 11. The van der Waals surface area contributed by atoms with E-state index < -0.39 is 17.0 Å². The molecule has 2 aromatic heterocycles. The number of esters is 1. The number of nitrogens with one attached hydrogen (secondary N) is 2. The first-order chi connectivity index (χ1) is 32.3. The number of rotatable bonds is 14. The normalized spacial score (nSPS) is 22.4. The predicted molar refractivity (Wildman–Crippen MR) is 251 cm³/mol. The number of hydrogen-bond donors (Lipinski definition) is 3. The van der Waals surface area contributed by atoms with Crippen molar-refractivity contribution >= 4 is 23.8 Å². The maximum Gasteiger partial charge on any atom is 0.331 e. The monoisotopic (exact) mass is 923 g/mol. The van der Waals surface area contributed by atoms with Crippen LogP contribution < -0.4 is 10.6 Å². The Hall–Kier alpha value is -5.34. The summed E-state index contributed by atoms with van der Waals surface area (Å²) in [4.78, 5) is 59.8. The van der Waals surface area contributed by atoms with Gasteiger partial charge in [0.25, 0.3) is 0 Å². The fourth-order valence-electron chi connectivity index (χ4n) is 10.2. The van der Waals surface area contributed by atoms with Crippen molar-refractivity contribution in [3.05, 3.63) is 82.6 Å². The quantitative estimate of drug-likeness (QED) is 0.102. The molecule has 0 aliphatic heterocycles. The Labute approximate surface area is 394 Å². The van der Waals surface area contributed by atoms with Crippen LogP contribution in [0, 0.1) is 39.5 Å². The summed E-state index contributed by atoms with van der Waals surface area (Å²) in [7, 11) is 1.39. The molecule has 4 aromatic rings. The Kier molecular flexibility index (Phi) is 16.7. The first-order valence-electron chi connectivity index (χ1n) is 24.5. The van der Waals surface area contributed by atoms with Crippen LogP contribution in [0.5, 0.6) is 0 Å². The zero-order valence-electron chi connectivity index (χ0n) is 40.1. The molecule has 4 saturated carbocycles. The maximum absolute atomic E-state index is 13.1. The van der Waals surface area contributed by atoms with E-state index in [1.165, 1.54) is 18.2 Å². The van der Waals surface area contributed by atoms with Crippen molar-refractivity contribution in [3.63, 3.8) is 0 Å². The Morgan fingerprint density at radius 1 is 0.597 bits per heavy atom. The van der Waals surface area contributed by atoms with Crippen molar-refractivity contribution in [1.29, 1.82) is 0 Å². The van der Waals surface area contributed by atoms with Gasteiger partial charge in [-0.3, -0.25) is 9.59 Å². The number of amides is 2. The zero-order valence-corrected chi connectivity index (χ0v) is 40.1. The summed E-state index contributed by atoms with van der Waals surface area (Å²) in [6, 6.07) is 16.1. The highest BCUT2D eigenvalue weighted by atomic mass is 16.5. The van der Waals surface area contributed by atoms with Gasteiger partial charge in [0.05, 0.1) is 32.5 Å². The highest BCUT2D eigenvalue weighted by Crippen LogP contribution is 2.35. The number of aromatic nitrogens is 2. The van der Waals surface area contributed by atoms with Crippen LogP contribution in [0.3, 0.4) is 0 Å². The molecule has 67 heavy (non-hydrogen) atoms. The Bertz CT molecular complexity index is 2290. The highest BCUT2D eigenvalue weighted by Gasteiger charge is 2.44. The lowest BCUT2D eigenvalue weighted by Crippen LogP contribution is -2.57. The van der Waals surface area contributed by atoms with Gasteiger partial charge in [0, 0.05) is 23.0 Å². The van der Waals surface area contributed by atoms with Gasteiger partial charge in [-0.05, 0) is 116 Å². The summed E-state index contributed by atoms with van der Waals surface area (Å²) in [6.45, 7) is 8.56. The van der Waals surface area contributed by atoms with E-state index in [9.17, 15) is 24.3 Å². The Morgan fingerprint density at radius 2 is 1.00 bits per heavy atom. The number of nitrogens with zero attached hydrogens (tertiary/aromatic N) is 2. The molecule has 14 heteroatoms. The molecule has 4 aliphatic carbocycles. The van der Waals surface area contributed by atoms with Crippen molar-refractivity contribution in [1.82, 2.24) is 20.6 Å². The van der Waals surface area contributed by atoms with Crippen molar-refractivity contribution in [2.24, 2.45) is 11.8 Å². The van der Waals surface area contributed by atoms with Crippen molar-refractivity contribution in [3.8, 4) is 22.9 Å². The minimum Gasteiger partial charge on any atom is -0.480 e. The smallest absolute Gasteiger partial charge is 0.331 e. The summed E-state index contributed by atoms with van der Waals surface area (Å²) in [5.74, 6) is 0.837. The number of carbonyl (C=O) groups excluding carboxylic acids is 3. The number of oxazole rings is 2. The molecule has 4 unspecified atom stereocenters. The number of aliphatic carboxylic acids is 1. The van der Waals surface area contributed by atoms with Crippen LogP contribution >= 0.6 is 0 Å². The van der Waals surface area contributed by atoms with Gasteiger partial charge in [0.15, 0.2) is 0 Å². The molecule has 2 amide bonds. The molecule has 362 valence electrons. The molecule has 4 atom stereocenters. The first-order valence-corrected chi connectivity index (χ1v) is 24.5. The largest absolute Gasteiger partial charge is 0.480 e. The average molecular weight is 923 g/mol. The SMILES string of the molecule is COC(=O)C1(NC(=O)C2CCCC(OCc3nc(-c4ccc(C)cc4)oc3C)C2)CCCCC1.Cc1ccc(-c2nc(COC3CCCC(C(=O)NC4(C(=O)O)CCCCC4)C3)c(C)o2)cc1. The Balaban J connectivity index is 0.000000199. The number of carboxylic acid groups (broad SMARTS) is 1. The number of carbonyl (C=O) groups is 4. The highest BCUT2D eigenvalue weighted by molar-refractivity contribution is 5.89. The summed E-state index contributed by atoms with van der Waals surface area (Å²) in [5.41, 5.74) is 3.82. The van der Waals surface area contributed by atoms with E-state index in [4.69, 9.17) is 23.0 Å². The molecular formula is C53H70N4O10. The zero-order chi connectivity index (χ0) is 47.6. The third-order valence-electron chi connectivity index (χ3n) is 14.4. The van der Waals surface area contributed by atoms with Crippen LogP contribution in [-0.2, 0) is 46.6 Å². The molecule has 8 rings (SSSR count). The van der Waals surface area contributed by atoms with Crippen molar-refractivity contribution in [2.45, 2.75) is 180 Å². The van der Waals surface area contributed by atoms with Crippen molar-refractivity contribution < 1.29 is 47.3 Å². The van der Waals surface area contributed by atoms with Crippen LogP contribution in [0.25, 0.3) is 22.9 Å². The standard InChI is InChI=1S/C27H36N2O5.C26H34N2O5/c1-18-10-12-20(13-11-18)25-28-23(19(2)34-25)17-33-22-9-7-8-21(16-22)24(30)29-27(26(31)32-3)14-5-4-6-15-27;1-17-9-11-19(12-10-17)24-27-22(18(2)33-24)16-32-21-8-6-7-20(15-21)23(29)28-26(25(30)31)13-4-3-5-14-26/h10-13,21-22H,4-9,14-17H2,1-3H3,(H,29,30);9-12,20-21H,3-8,13-16H2,1-2H3,(H,28,29)(H,30,31). The van der Waals surface area contributed by atoms with E-state index in [0.717, 1.165) is 111 Å². The predicted octanol–water partition coefficient (Wildman–Crippen LogP) is 9.96. The van der Waals surface area contributed by atoms with E-state index >= 15 is 0 Å². The minimum absolute atomic E-state index is 0.0242. The third kappa shape index (κ3) is 12.6. The van der Waals surface area contributed by atoms with Gasteiger partial charge in [0.2, 0.25) is 23.6 Å². The second-order valence-corrected chi connectivity index (χ2v) is 19.4. The van der Waals surface area contributed by atoms with Gasteiger partial charge in [-0.1, -0.05) is 86.8 Å². The number of methoxy groups -OCH3 is 1. The molecule has 0 bridgehead atoms. The summed E-state index contributed by atoms with van der Waals surface area (Å²) in [6.07, 6.45) is 14.3. The molecule has 0 spiro atoms. The molecule has 4 fully saturated rings. The molecular weight excluding hydrogens is 853 g/mol. The van der Waals surface area contributed by atoms with Crippen LogP contribution in [0.1, 0.15) is 150 Å². The topological polar surface area (TPSA) is 192 Å². The van der Waals surface area contributed by atoms with E-state index in [-0.39, 0.29) is 41.8 Å². The lowest BCUT2D eigenvalue weighted by molar-refractivity contribution is -0.153. The van der Waals surface area contributed by atoms with Gasteiger partial charge in [-0.15, -0.1) is 0 Å². The van der Waals surface area contributed by atoms with E-state index in [1.807, 2.05) is 76.2 Å². The second-order valence-electron chi connectivity index (χ2n) is 19.4.